The highest BCUT2D eigenvalue weighted by Crippen LogP contribution is 2.34. The first-order chi connectivity index (χ1) is 9.57. The molecule has 106 valence electrons. The van der Waals surface area contributed by atoms with Crippen molar-refractivity contribution in [2.24, 2.45) is 0 Å². The summed E-state index contributed by atoms with van der Waals surface area (Å²) in [5.41, 5.74) is 0. The second-order valence-electron chi connectivity index (χ2n) is 4.66. The van der Waals surface area contributed by atoms with Crippen LogP contribution in [0.2, 0.25) is 5.02 Å². The topological polar surface area (TPSA) is 50.3 Å². The van der Waals surface area contributed by atoms with Crippen LogP contribution < -0.4 is 0 Å². The molecular weight excluding hydrogens is 316 g/mol. The molecule has 0 radical (unpaired) electrons. The molecule has 1 heterocycles. The van der Waals surface area contributed by atoms with Crippen LogP contribution in [0.3, 0.4) is 0 Å². The summed E-state index contributed by atoms with van der Waals surface area (Å²) in [4.78, 5) is 4.46. The molecule has 4 nitrogen and oxygen atoms in total. The van der Waals surface area contributed by atoms with Crippen LogP contribution in [0.25, 0.3) is 0 Å². The van der Waals surface area contributed by atoms with Gasteiger partial charge in [-0.3, -0.25) is 0 Å². The second-order valence-corrected chi connectivity index (χ2v) is 7.97. The highest BCUT2D eigenvalue weighted by molar-refractivity contribution is 7.89. The van der Waals surface area contributed by atoms with Gasteiger partial charge in [0.1, 0.15) is 5.01 Å². The minimum Gasteiger partial charge on any atom is -0.248 e. The lowest BCUT2D eigenvalue weighted by Crippen LogP contribution is -2.32. The van der Waals surface area contributed by atoms with E-state index in [1.165, 1.54) is 11.3 Å². The van der Waals surface area contributed by atoms with Crippen molar-refractivity contribution in [2.45, 2.75) is 30.3 Å². The summed E-state index contributed by atoms with van der Waals surface area (Å²) >= 11 is 7.29. The highest BCUT2D eigenvalue weighted by Gasteiger charge is 2.38. The van der Waals surface area contributed by atoms with Crippen LogP contribution in [-0.4, -0.2) is 23.7 Å². The summed E-state index contributed by atoms with van der Waals surface area (Å²) in [5, 5.41) is 3.20. The van der Waals surface area contributed by atoms with E-state index in [2.05, 4.69) is 4.98 Å². The van der Waals surface area contributed by atoms with Gasteiger partial charge in [-0.15, -0.1) is 11.3 Å². The molecule has 0 unspecified atom stereocenters. The number of thiazole rings is 1. The van der Waals surface area contributed by atoms with Gasteiger partial charge in [-0.1, -0.05) is 11.6 Å². The van der Waals surface area contributed by atoms with Gasteiger partial charge in [-0.25, -0.2) is 13.4 Å². The van der Waals surface area contributed by atoms with Gasteiger partial charge in [0.05, 0.1) is 11.4 Å². The maximum Gasteiger partial charge on any atom is 0.243 e. The Bertz CT molecular complexity index is 680. The van der Waals surface area contributed by atoms with Crippen molar-refractivity contribution in [3.8, 4) is 0 Å². The normalized spacial score (nSPS) is 15.7. The summed E-state index contributed by atoms with van der Waals surface area (Å²) < 4.78 is 27.0. The molecule has 1 saturated carbocycles. The molecule has 20 heavy (non-hydrogen) atoms. The van der Waals surface area contributed by atoms with Crippen molar-refractivity contribution < 1.29 is 8.42 Å². The molecule has 0 atom stereocenters. The van der Waals surface area contributed by atoms with Gasteiger partial charge >= 0.3 is 0 Å². The zero-order chi connectivity index (χ0) is 14.2. The molecule has 1 aromatic heterocycles. The van der Waals surface area contributed by atoms with E-state index < -0.39 is 10.0 Å². The van der Waals surface area contributed by atoms with Crippen molar-refractivity contribution in [3.63, 3.8) is 0 Å². The lowest BCUT2D eigenvalue weighted by Gasteiger charge is -2.20. The SMILES string of the molecule is O=S(=O)(c1ccc(Cl)cc1)N(Cc1nccs1)C1CC1. The Morgan fingerprint density at radius 3 is 2.55 bits per heavy atom. The molecule has 0 spiro atoms. The average Bonchev–Trinajstić information content (AvgIpc) is 3.12. The van der Waals surface area contributed by atoms with E-state index in [0.29, 0.717) is 11.6 Å². The van der Waals surface area contributed by atoms with Gasteiger partial charge < -0.3 is 0 Å². The predicted molar refractivity (Wildman–Crippen MR) is 79.3 cm³/mol. The fourth-order valence-electron chi connectivity index (χ4n) is 1.98. The first-order valence-electron chi connectivity index (χ1n) is 6.23. The Kier molecular flexibility index (Phi) is 3.81. The number of halogens is 1. The van der Waals surface area contributed by atoms with Crippen molar-refractivity contribution in [3.05, 3.63) is 45.9 Å². The van der Waals surface area contributed by atoms with Crippen LogP contribution in [0.1, 0.15) is 17.8 Å². The molecule has 2 aromatic rings. The minimum absolute atomic E-state index is 0.0968. The monoisotopic (exact) mass is 328 g/mol. The molecule has 0 N–H and O–H groups in total. The number of rotatable bonds is 5. The van der Waals surface area contributed by atoms with Crippen LogP contribution in [-0.2, 0) is 16.6 Å². The molecule has 1 aliphatic carbocycles. The third-order valence-electron chi connectivity index (χ3n) is 3.15. The van der Waals surface area contributed by atoms with Gasteiger partial charge in [-0.05, 0) is 37.1 Å². The van der Waals surface area contributed by atoms with Gasteiger partial charge in [0, 0.05) is 22.6 Å². The molecule has 0 bridgehead atoms. The number of sulfonamides is 1. The second kappa shape index (κ2) is 5.44. The van der Waals surface area contributed by atoms with E-state index >= 15 is 0 Å². The predicted octanol–water partition coefficient (Wildman–Crippen LogP) is 3.15. The quantitative estimate of drug-likeness (QED) is 0.847. The van der Waals surface area contributed by atoms with Crippen LogP contribution in [0.5, 0.6) is 0 Å². The number of aromatic nitrogens is 1. The van der Waals surface area contributed by atoms with E-state index in [1.807, 2.05) is 5.38 Å². The van der Waals surface area contributed by atoms with Gasteiger partial charge in [0.15, 0.2) is 0 Å². The largest absolute Gasteiger partial charge is 0.248 e. The Hall–Kier alpha value is -0.950. The van der Waals surface area contributed by atoms with Gasteiger partial charge in [-0.2, -0.15) is 4.31 Å². The molecule has 1 aromatic carbocycles. The third kappa shape index (κ3) is 2.88. The standard InChI is InChI=1S/C13H13ClN2O2S2/c14-10-1-5-12(6-2-10)20(17,18)16(11-3-4-11)9-13-15-7-8-19-13/h1-2,5-8,11H,3-4,9H2. The Balaban J connectivity index is 1.91. The van der Waals surface area contributed by atoms with E-state index in [1.54, 1.807) is 34.8 Å². The molecule has 3 rings (SSSR count). The van der Waals surface area contributed by atoms with Crippen molar-refractivity contribution in [2.75, 3.05) is 0 Å². The molecule has 0 amide bonds. The smallest absolute Gasteiger partial charge is 0.243 e. The molecule has 0 aliphatic heterocycles. The first-order valence-corrected chi connectivity index (χ1v) is 8.93. The zero-order valence-electron chi connectivity index (χ0n) is 10.6. The van der Waals surface area contributed by atoms with E-state index in [9.17, 15) is 8.42 Å². The summed E-state index contributed by atoms with van der Waals surface area (Å²) in [6.07, 6.45) is 3.52. The third-order valence-corrected chi connectivity index (χ3v) is 6.08. The summed E-state index contributed by atoms with van der Waals surface area (Å²) in [7, 11) is -3.49. The van der Waals surface area contributed by atoms with Crippen LogP contribution in [0.15, 0.2) is 40.7 Å². The molecule has 1 aliphatic rings. The van der Waals surface area contributed by atoms with Crippen LogP contribution in [0.4, 0.5) is 0 Å². The Morgan fingerprint density at radius 2 is 2.00 bits per heavy atom. The summed E-state index contributed by atoms with van der Waals surface area (Å²) in [5.74, 6) is 0. The van der Waals surface area contributed by atoms with E-state index in [4.69, 9.17) is 11.6 Å². The number of hydrogen-bond acceptors (Lipinski definition) is 4. The van der Waals surface area contributed by atoms with Crippen molar-refractivity contribution in [1.82, 2.24) is 9.29 Å². The number of hydrogen-bond donors (Lipinski definition) is 0. The number of benzene rings is 1. The lowest BCUT2D eigenvalue weighted by atomic mass is 10.4. The molecule has 1 fully saturated rings. The van der Waals surface area contributed by atoms with Crippen molar-refractivity contribution in [1.29, 1.82) is 0 Å². The minimum atomic E-state index is -3.49. The zero-order valence-corrected chi connectivity index (χ0v) is 13.0. The summed E-state index contributed by atoms with van der Waals surface area (Å²) in [6, 6.07) is 6.40. The van der Waals surface area contributed by atoms with E-state index in [0.717, 1.165) is 17.8 Å². The Morgan fingerprint density at radius 1 is 1.30 bits per heavy atom. The maximum absolute atomic E-state index is 12.7. The highest BCUT2D eigenvalue weighted by atomic mass is 35.5. The van der Waals surface area contributed by atoms with Crippen molar-refractivity contribution >= 4 is 33.0 Å². The lowest BCUT2D eigenvalue weighted by molar-refractivity contribution is 0.398. The van der Waals surface area contributed by atoms with Gasteiger partial charge in [0.25, 0.3) is 0 Å². The number of nitrogens with zero attached hydrogens (tertiary/aromatic N) is 2. The van der Waals surface area contributed by atoms with E-state index in [-0.39, 0.29) is 10.9 Å². The van der Waals surface area contributed by atoms with Crippen LogP contribution >= 0.6 is 22.9 Å². The van der Waals surface area contributed by atoms with Gasteiger partial charge in [0.2, 0.25) is 10.0 Å². The first kappa shape index (κ1) is 14.0. The summed E-state index contributed by atoms with van der Waals surface area (Å²) in [6.45, 7) is 0.341. The fourth-order valence-corrected chi connectivity index (χ4v) is 4.45. The average molecular weight is 329 g/mol. The fraction of sp³-hybridized carbons (Fsp3) is 0.308. The molecule has 0 saturated heterocycles. The Labute approximate surface area is 127 Å². The molecular formula is C13H13ClN2O2S2. The molecule has 7 heteroatoms. The van der Waals surface area contributed by atoms with Crippen LogP contribution in [0, 0.1) is 0 Å². The maximum atomic E-state index is 12.7.